The third kappa shape index (κ3) is 4.63. The van der Waals surface area contributed by atoms with Crippen molar-refractivity contribution in [2.24, 2.45) is 0 Å². The topological polar surface area (TPSA) is 49.3 Å². The van der Waals surface area contributed by atoms with Crippen LogP contribution in [-0.4, -0.2) is 41.8 Å². The van der Waals surface area contributed by atoms with Crippen LogP contribution in [0.25, 0.3) is 5.69 Å². The fourth-order valence-corrected chi connectivity index (χ4v) is 3.31. The van der Waals surface area contributed by atoms with Gasteiger partial charge in [-0.2, -0.15) is 13.2 Å². The molecule has 1 aromatic carbocycles. The fourth-order valence-electron chi connectivity index (χ4n) is 3.04. The summed E-state index contributed by atoms with van der Waals surface area (Å²) in [6, 6.07) is 6.50. The van der Waals surface area contributed by atoms with Crippen molar-refractivity contribution in [2.75, 3.05) is 31.5 Å². The van der Waals surface area contributed by atoms with Gasteiger partial charge in [-0.3, -0.25) is 14.3 Å². The first-order valence-electron chi connectivity index (χ1n) is 8.57. The monoisotopic (exact) mass is 400 g/mol. The molecule has 0 bridgehead atoms. The molecule has 1 aliphatic rings. The molecule has 146 valence electrons. The molecule has 5 nitrogen and oxygen atoms in total. The Morgan fingerprint density at radius 3 is 2.52 bits per heavy atom. The van der Waals surface area contributed by atoms with E-state index in [1.165, 1.54) is 6.07 Å². The standard InChI is InChI=1S/C18H20ClF3N4O/c1-12(25-8-6-23-7-9-25)24-14-3-4-16(15(19)10-14)26-11-13(18(20,21)22)2-5-17(26)27/h2-5,10-12,23-24H,6-9H2,1H3. The normalized spacial score (nSPS) is 16.9. The van der Waals surface area contributed by atoms with E-state index < -0.39 is 17.3 Å². The zero-order chi connectivity index (χ0) is 19.6. The lowest BCUT2D eigenvalue weighted by Crippen LogP contribution is -2.49. The highest BCUT2D eigenvalue weighted by molar-refractivity contribution is 6.32. The molecule has 27 heavy (non-hydrogen) atoms. The van der Waals surface area contributed by atoms with Crippen LogP contribution in [0.5, 0.6) is 0 Å². The van der Waals surface area contributed by atoms with E-state index in [1.807, 2.05) is 6.92 Å². The number of hydrogen-bond acceptors (Lipinski definition) is 4. The van der Waals surface area contributed by atoms with Crippen molar-refractivity contribution in [2.45, 2.75) is 19.3 Å². The zero-order valence-corrected chi connectivity index (χ0v) is 15.4. The quantitative estimate of drug-likeness (QED) is 0.827. The summed E-state index contributed by atoms with van der Waals surface area (Å²) < 4.78 is 39.7. The number of nitrogens with one attached hydrogen (secondary N) is 2. The van der Waals surface area contributed by atoms with E-state index in [2.05, 4.69) is 15.5 Å². The Morgan fingerprint density at radius 1 is 1.19 bits per heavy atom. The van der Waals surface area contributed by atoms with Gasteiger partial charge in [-0.05, 0) is 31.2 Å². The van der Waals surface area contributed by atoms with Crippen molar-refractivity contribution in [3.05, 3.63) is 57.5 Å². The summed E-state index contributed by atoms with van der Waals surface area (Å²) >= 11 is 6.27. The van der Waals surface area contributed by atoms with E-state index in [-0.39, 0.29) is 16.9 Å². The summed E-state index contributed by atoms with van der Waals surface area (Å²) in [5.41, 5.74) is -0.560. The number of rotatable bonds is 4. The summed E-state index contributed by atoms with van der Waals surface area (Å²) in [6.07, 6.45) is -3.70. The minimum absolute atomic E-state index is 0.0743. The minimum Gasteiger partial charge on any atom is -0.370 e. The molecular weight excluding hydrogens is 381 g/mol. The van der Waals surface area contributed by atoms with Gasteiger partial charge in [-0.15, -0.1) is 0 Å². The highest BCUT2D eigenvalue weighted by Crippen LogP contribution is 2.30. The third-order valence-corrected chi connectivity index (χ3v) is 4.82. The highest BCUT2D eigenvalue weighted by atomic mass is 35.5. The van der Waals surface area contributed by atoms with Gasteiger partial charge < -0.3 is 10.6 Å². The first-order chi connectivity index (χ1) is 12.8. The van der Waals surface area contributed by atoms with Crippen molar-refractivity contribution in [3.8, 4) is 5.69 Å². The smallest absolute Gasteiger partial charge is 0.370 e. The molecule has 1 aliphatic heterocycles. The van der Waals surface area contributed by atoms with Crippen LogP contribution in [0.1, 0.15) is 12.5 Å². The van der Waals surface area contributed by atoms with E-state index in [9.17, 15) is 18.0 Å². The molecule has 1 unspecified atom stereocenters. The van der Waals surface area contributed by atoms with Crippen molar-refractivity contribution in [1.29, 1.82) is 0 Å². The molecule has 3 rings (SSSR count). The summed E-state index contributed by atoms with van der Waals surface area (Å²) in [6.45, 7) is 5.71. The molecule has 0 radical (unpaired) electrons. The lowest BCUT2D eigenvalue weighted by Gasteiger charge is -2.33. The van der Waals surface area contributed by atoms with Crippen molar-refractivity contribution < 1.29 is 13.2 Å². The summed E-state index contributed by atoms with van der Waals surface area (Å²) in [4.78, 5) is 14.3. The second-order valence-corrected chi connectivity index (χ2v) is 6.80. The predicted octanol–water partition coefficient (Wildman–Crippen LogP) is 3.17. The molecule has 1 saturated heterocycles. The maximum absolute atomic E-state index is 12.9. The number of alkyl halides is 3. The average Bonchev–Trinajstić information content (AvgIpc) is 2.62. The first-order valence-corrected chi connectivity index (χ1v) is 8.94. The second-order valence-electron chi connectivity index (χ2n) is 6.40. The van der Waals surface area contributed by atoms with Gasteiger partial charge >= 0.3 is 6.18 Å². The Kier molecular flexibility index (Phi) is 5.78. The van der Waals surface area contributed by atoms with Gasteiger partial charge in [0.15, 0.2) is 0 Å². The fraction of sp³-hybridized carbons (Fsp3) is 0.389. The van der Waals surface area contributed by atoms with Crippen molar-refractivity contribution >= 4 is 17.3 Å². The number of anilines is 1. The van der Waals surface area contributed by atoms with Crippen LogP contribution >= 0.6 is 11.6 Å². The van der Waals surface area contributed by atoms with E-state index in [0.717, 1.165) is 54.8 Å². The Morgan fingerprint density at radius 2 is 1.89 bits per heavy atom. The van der Waals surface area contributed by atoms with Gasteiger partial charge in [-0.1, -0.05) is 11.6 Å². The zero-order valence-electron chi connectivity index (χ0n) is 14.7. The van der Waals surface area contributed by atoms with Crippen LogP contribution in [0.2, 0.25) is 5.02 Å². The number of benzene rings is 1. The number of aromatic nitrogens is 1. The van der Waals surface area contributed by atoms with Gasteiger partial charge in [0, 0.05) is 44.1 Å². The SMILES string of the molecule is CC(Nc1ccc(-n2cc(C(F)(F)F)ccc2=O)c(Cl)c1)N1CCNCC1. The lowest BCUT2D eigenvalue weighted by atomic mass is 10.2. The van der Waals surface area contributed by atoms with Gasteiger partial charge in [0.2, 0.25) is 0 Å². The first kappa shape index (κ1) is 19.7. The molecule has 0 saturated carbocycles. The van der Waals surface area contributed by atoms with Gasteiger partial charge in [0.1, 0.15) is 0 Å². The Hall–Kier alpha value is -2.03. The predicted molar refractivity (Wildman–Crippen MR) is 99.6 cm³/mol. The third-order valence-electron chi connectivity index (χ3n) is 4.52. The van der Waals surface area contributed by atoms with Gasteiger partial charge in [-0.25, -0.2) is 0 Å². The van der Waals surface area contributed by atoms with Crippen LogP contribution in [-0.2, 0) is 6.18 Å². The van der Waals surface area contributed by atoms with Gasteiger partial charge in [0.25, 0.3) is 5.56 Å². The highest BCUT2D eigenvalue weighted by Gasteiger charge is 2.31. The number of halogens is 4. The van der Waals surface area contributed by atoms with Gasteiger partial charge in [0.05, 0.1) is 22.4 Å². The molecule has 9 heteroatoms. The van der Waals surface area contributed by atoms with E-state index in [0.29, 0.717) is 0 Å². The molecule has 1 aromatic heterocycles. The lowest BCUT2D eigenvalue weighted by molar-refractivity contribution is -0.138. The molecule has 2 N–H and O–H groups in total. The molecule has 2 heterocycles. The van der Waals surface area contributed by atoms with Crippen molar-refractivity contribution in [1.82, 2.24) is 14.8 Å². The van der Waals surface area contributed by atoms with Crippen LogP contribution in [0.3, 0.4) is 0 Å². The van der Waals surface area contributed by atoms with Crippen LogP contribution in [0.15, 0.2) is 41.3 Å². The molecule has 2 aromatic rings. The molecule has 1 atom stereocenters. The molecule has 0 spiro atoms. The van der Waals surface area contributed by atoms with Crippen LogP contribution in [0, 0.1) is 0 Å². The Labute approximate surface area is 159 Å². The van der Waals surface area contributed by atoms with Crippen molar-refractivity contribution in [3.63, 3.8) is 0 Å². The molecular formula is C18H20ClF3N4O. The molecule has 0 aliphatic carbocycles. The average molecular weight is 401 g/mol. The number of piperazine rings is 1. The number of nitrogens with zero attached hydrogens (tertiary/aromatic N) is 2. The van der Waals surface area contributed by atoms with Crippen LogP contribution < -0.4 is 16.2 Å². The summed E-state index contributed by atoms with van der Waals surface area (Å²) in [5.74, 6) is 0. The Balaban J connectivity index is 1.84. The van der Waals surface area contributed by atoms with E-state index in [4.69, 9.17) is 11.6 Å². The van der Waals surface area contributed by atoms with E-state index >= 15 is 0 Å². The summed E-state index contributed by atoms with van der Waals surface area (Å²) in [5, 5.41) is 6.80. The maximum atomic E-state index is 12.9. The largest absolute Gasteiger partial charge is 0.417 e. The second kappa shape index (κ2) is 7.92. The minimum atomic E-state index is -4.54. The summed E-state index contributed by atoms with van der Waals surface area (Å²) in [7, 11) is 0. The molecule has 0 amide bonds. The Bertz CT molecular complexity index is 862. The molecule has 1 fully saturated rings. The number of pyridine rings is 1. The number of hydrogen-bond donors (Lipinski definition) is 2. The maximum Gasteiger partial charge on any atom is 0.417 e. The van der Waals surface area contributed by atoms with Crippen LogP contribution in [0.4, 0.5) is 18.9 Å². The van der Waals surface area contributed by atoms with E-state index in [1.54, 1.807) is 12.1 Å².